The number of rotatable bonds is 6. The molecule has 0 aliphatic carbocycles. The van der Waals surface area contributed by atoms with Crippen molar-refractivity contribution in [3.63, 3.8) is 0 Å². The summed E-state index contributed by atoms with van der Waals surface area (Å²) >= 11 is 0. The van der Waals surface area contributed by atoms with Crippen LogP contribution < -0.4 is 11.1 Å². The first-order valence-electron chi connectivity index (χ1n) is 12.5. The third kappa shape index (κ3) is 4.70. The summed E-state index contributed by atoms with van der Waals surface area (Å²) in [4.78, 5) is 16.6. The minimum absolute atomic E-state index is 0.128. The lowest BCUT2D eigenvalue weighted by molar-refractivity contribution is 0.143. The fraction of sp³-hybridized carbons (Fsp3) is 0.207. The quantitative estimate of drug-likeness (QED) is 0.334. The number of pyridine rings is 2. The standard InChI is InChI=1S/C29H29N7O/c30-27-24(7-4-14-32-27)28-34-26-13-12-25(21-5-2-1-3-6-21)33-29(26)36(28)23-10-8-20(9-11-23)17-35-16-15-31-22(18-35)19-37/h1-14,22,31,37H,15-19H2,(H2,30,32)/t22-/m0/s1. The molecule has 8 nitrogen and oxygen atoms in total. The minimum atomic E-state index is 0.128. The Morgan fingerprint density at radius 1 is 0.946 bits per heavy atom. The highest BCUT2D eigenvalue weighted by molar-refractivity contribution is 5.84. The van der Waals surface area contributed by atoms with E-state index >= 15 is 0 Å². The average Bonchev–Trinajstić information content (AvgIpc) is 3.33. The van der Waals surface area contributed by atoms with Gasteiger partial charge in [-0.15, -0.1) is 0 Å². The molecule has 3 aromatic heterocycles. The van der Waals surface area contributed by atoms with Crippen LogP contribution in [0.15, 0.2) is 85.1 Å². The Bertz CT molecular complexity index is 1520. The Balaban J connectivity index is 1.42. The van der Waals surface area contributed by atoms with Gasteiger partial charge < -0.3 is 16.2 Å². The van der Waals surface area contributed by atoms with Gasteiger partial charge in [0.05, 0.1) is 17.9 Å². The van der Waals surface area contributed by atoms with Crippen molar-refractivity contribution in [3.05, 3.63) is 90.6 Å². The molecule has 2 aromatic carbocycles. The molecule has 5 aromatic rings. The number of anilines is 1. The molecule has 1 saturated heterocycles. The smallest absolute Gasteiger partial charge is 0.165 e. The Labute approximate surface area is 215 Å². The van der Waals surface area contributed by atoms with Gasteiger partial charge in [-0.2, -0.15) is 0 Å². The maximum Gasteiger partial charge on any atom is 0.165 e. The van der Waals surface area contributed by atoms with Crippen LogP contribution in [0.3, 0.4) is 0 Å². The minimum Gasteiger partial charge on any atom is -0.395 e. The zero-order valence-corrected chi connectivity index (χ0v) is 20.5. The molecular formula is C29H29N7O. The monoisotopic (exact) mass is 491 g/mol. The molecule has 1 aliphatic heterocycles. The van der Waals surface area contributed by atoms with Crippen LogP contribution in [0.2, 0.25) is 0 Å². The predicted octanol–water partition coefficient (Wildman–Crippen LogP) is 3.50. The zero-order valence-electron chi connectivity index (χ0n) is 20.5. The number of hydrogen-bond acceptors (Lipinski definition) is 7. The highest BCUT2D eigenvalue weighted by atomic mass is 16.3. The number of aromatic nitrogens is 4. The lowest BCUT2D eigenvalue weighted by atomic mass is 10.1. The van der Waals surface area contributed by atoms with E-state index in [-0.39, 0.29) is 12.6 Å². The number of piperazine rings is 1. The van der Waals surface area contributed by atoms with Crippen LogP contribution in [-0.4, -0.2) is 61.8 Å². The summed E-state index contributed by atoms with van der Waals surface area (Å²) in [5.41, 5.74) is 12.7. The molecule has 0 amide bonds. The van der Waals surface area contributed by atoms with Gasteiger partial charge in [-0.1, -0.05) is 42.5 Å². The Kier molecular flexibility index (Phi) is 6.36. The number of aliphatic hydroxyl groups is 1. The van der Waals surface area contributed by atoms with Crippen molar-refractivity contribution >= 4 is 17.0 Å². The number of aliphatic hydroxyl groups excluding tert-OH is 1. The van der Waals surface area contributed by atoms with Crippen molar-refractivity contribution in [1.29, 1.82) is 0 Å². The van der Waals surface area contributed by atoms with Gasteiger partial charge in [0.2, 0.25) is 0 Å². The molecule has 186 valence electrons. The van der Waals surface area contributed by atoms with Crippen LogP contribution in [0.4, 0.5) is 5.82 Å². The molecule has 0 unspecified atom stereocenters. The fourth-order valence-electron chi connectivity index (χ4n) is 4.93. The summed E-state index contributed by atoms with van der Waals surface area (Å²) in [7, 11) is 0. The van der Waals surface area contributed by atoms with Gasteiger partial charge in [0.1, 0.15) is 11.3 Å². The van der Waals surface area contributed by atoms with Gasteiger partial charge in [-0.25, -0.2) is 15.0 Å². The Hall–Kier alpha value is -4.11. The Morgan fingerprint density at radius 3 is 2.57 bits per heavy atom. The number of imidazole rings is 1. The largest absolute Gasteiger partial charge is 0.395 e. The maximum atomic E-state index is 9.52. The van der Waals surface area contributed by atoms with E-state index in [0.717, 1.165) is 59.9 Å². The molecule has 1 aliphatic rings. The lowest BCUT2D eigenvalue weighted by Crippen LogP contribution is -2.51. The zero-order chi connectivity index (χ0) is 25.2. The van der Waals surface area contributed by atoms with Gasteiger partial charge >= 0.3 is 0 Å². The summed E-state index contributed by atoms with van der Waals surface area (Å²) in [6, 6.07) is 26.6. The molecule has 6 rings (SSSR count). The Morgan fingerprint density at radius 2 is 1.78 bits per heavy atom. The molecule has 1 atom stereocenters. The van der Waals surface area contributed by atoms with Crippen LogP contribution in [0, 0.1) is 0 Å². The van der Waals surface area contributed by atoms with Crippen molar-refractivity contribution in [2.75, 3.05) is 32.0 Å². The molecule has 0 saturated carbocycles. The fourth-order valence-corrected chi connectivity index (χ4v) is 4.93. The molecule has 1 fully saturated rings. The molecule has 4 heterocycles. The van der Waals surface area contributed by atoms with E-state index in [9.17, 15) is 5.11 Å². The van der Waals surface area contributed by atoms with Crippen molar-refractivity contribution in [3.8, 4) is 28.3 Å². The van der Waals surface area contributed by atoms with Crippen molar-refractivity contribution in [2.45, 2.75) is 12.6 Å². The maximum absolute atomic E-state index is 9.52. The summed E-state index contributed by atoms with van der Waals surface area (Å²) in [6.45, 7) is 3.67. The topological polar surface area (TPSA) is 105 Å². The molecule has 0 radical (unpaired) electrons. The first-order chi connectivity index (χ1) is 18.2. The average molecular weight is 492 g/mol. The van der Waals surface area contributed by atoms with Crippen LogP contribution in [0.1, 0.15) is 5.56 Å². The normalized spacial score (nSPS) is 16.3. The molecule has 37 heavy (non-hydrogen) atoms. The third-order valence-electron chi connectivity index (χ3n) is 6.81. The van der Waals surface area contributed by atoms with E-state index in [1.165, 1.54) is 5.56 Å². The summed E-state index contributed by atoms with van der Waals surface area (Å²) in [5.74, 6) is 1.13. The number of nitrogens with zero attached hydrogens (tertiary/aromatic N) is 5. The van der Waals surface area contributed by atoms with Crippen molar-refractivity contribution in [1.82, 2.24) is 29.7 Å². The van der Waals surface area contributed by atoms with Gasteiger partial charge in [0, 0.05) is 49.7 Å². The van der Waals surface area contributed by atoms with Crippen molar-refractivity contribution < 1.29 is 5.11 Å². The number of benzene rings is 2. The first kappa shape index (κ1) is 23.3. The number of fused-ring (bicyclic) bond motifs is 1. The summed E-state index contributed by atoms with van der Waals surface area (Å²) in [5, 5.41) is 12.9. The van der Waals surface area contributed by atoms with Gasteiger partial charge in [0.25, 0.3) is 0 Å². The second-order valence-electron chi connectivity index (χ2n) is 9.35. The van der Waals surface area contributed by atoms with E-state index in [2.05, 4.69) is 56.2 Å². The summed E-state index contributed by atoms with van der Waals surface area (Å²) < 4.78 is 2.06. The number of nitrogens with two attached hydrogens (primary N) is 1. The van der Waals surface area contributed by atoms with Crippen molar-refractivity contribution in [2.24, 2.45) is 0 Å². The van der Waals surface area contributed by atoms with Crippen LogP contribution in [0.5, 0.6) is 0 Å². The first-order valence-corrected chi connectivity index (χ1v) is 12.5. The molecule has 4 N–H and O–H groups in total. The van der Waals surface area contributed by atoms with Gasteiger partial charge in [0.15, 0.2) is 11.5 Å². The second kappa shape index (κ2) is 10.1. The lowest BCUT2D eigenvalue weighted by Gasteiger charge is -2.32. The molecule has 8 heteroatoms. The molecule has 0 spiro atoms. The van der Waals surface area contributed by atoms with E-state index < -0.39 is 0 Å². The summed E-state index contributed by atoms with van der Waals surface area (Å²) in [6.07, 6.45) is 1.68. The number of hydrogen-bond donors (Lipinski definition) is 3. The third-order valence-corrected chi connectivity index (χ3v) is 6.81. The van der Waals surface area contributed by atoms with Crippen LogP contribution >= 0.6 is 0 Å². The second-order valence-corrected chi connectivity index (χ2v) is 9.35. The van der Waals surface area contributed by atoms with Crippen LogP contribution in [0.25, 0.3) is 39.5 Å². The molecule has 0 bridgehead atoms. The number of nitrogen functional groups attached to an aromatic ring is 1. The van der Waals surface area contributed by atoms with E-state index in [0.29, 0.717) is 11.6 Å². The predicted molar refractivity (Wildman–Crippen MR) is 146 cm³/mol. The van der Waals surface area contributed by atoms with E-state index in [1.54, 1.807) is 6.20 Å². The number of nitrogens with one attached hydrogen (secondary N) is 1. The van der Waals surface area contributed by atoms with Gasteiger partial charge in [-0.3, -0.25) is 9.47 Å². The highest BCUT2D eigenvalue weighted by Crippen LogP contribution is 2.31. The van der Waals surface area contributed by atoms with E-state index in [1.807, 2.05) is 42.5 Å². The molecular weight excluding hydrogens is 462 g/mol. The SMILES string of the molecule is Nc1ncccc1-c1nc2ccc(-c3ccccc3)nc2n1-c1ccc(CN2CCN[C@H](CO)C2)cc1. The van der Waals surface area contributed by atoms with E-state index in [4.69, 9.17) is 15.7 Å². The highest BCUT2D eigenvalue weighted by Gasteiger charge is 2.20. The van der Waals surface area contributed by atoms with Gasteiger partial charge in [-0.05, 0) is 42.0 Å². The van der Waals surface area contributed by atoms with Crippen LogP contribution in [-0.2, 0) is 6.54 Å².